The fourth-order valence-electron chi connectivity index (χ4n) is 0.999. The molecule has 0 aliphatic heterocycles. The van der Waals surface area contributed by atoms with Crippen molar-refractivity contribution in [2.24, 2.45) is 0 Å². The van der Waals surface area contributed by atoms with Gasteiger partial charge in [0.25, 0.3) is 5.91 Å². The van der Waals surface area contributed by atoms with Crippen molar-refractivity contribution >= 4 is 11.6 Å². The Morgan fingerprint density at radius 2 is 2.06 bits per heavy atom. The molecule has 0 aliphatic rings. The van der Waals surface area contributed by atoms with Crippen LogP contribution in [-0.2, 0) is 4.79 Å². The highest BCUT2D eigenvalue weighted by Crippen LogP contribution is 2.25. The Bertz CT molecular complexity index is 404. The van der Waals surface area contributed by atoms with Crippen LogP contribution in [0.4, 0.5) is 5.69 Å². The summed E-state index contributed by atoms with van der Waals surface area (Å²) in [6.45, 7) is -0.210. The van der Waals surface area contributed by atoms with Gasteiger partial charge in [0.15, 0.2) is 12.4 Å². The van der Waals surface area contributed by atoms with Gasteiger partial charge in [-0.1, -0.05) is 12.1 Å². The molecule has 1 rings (SSSR count). The first-order chi connectivity index (χ1) is 7.52. The summed E-state index contributed by atoms with van der Waals surface area (Å²) in [4.78, 5) is 22.7. The Kier molecular flexibility index (Phi) is 3.82. The first-order valence-corrected chi connectivity index (χ1v) is 4.58. The third-order valence-corrected chi connectivity index (χ3v) is 1.91. The second-order valence-electron chi connectivity index (χ2n) is 3.30. The molecule has 0 unspecified atom stereocenters. The fourth-order valence-corrected chi connectivity index (χ4v) is 0.999. The fraction of sp³-hybridized carbons (Fsp3) is 0.300. The maximum atomic E-state index is 11.2. The summed E-state index contributed by atoms with van der Waals surface area (Å²) in [5.74, 6) is -0.152. The number of ether oxygens (including phenoxy) is 1. The SMILES string of the molecule is CN(C)C(=O)COc1ccccc1[N+](=O)[O-]. The van der Waals surface area contributed by atoms with Crippen molar-refractivity contribution in [1.29, 1.82) is 0 Å². The zero-order valence-corrected chi connectivity index (χ0v) is 9.04. The molecule has 0 spiro atoms. The molecule has 0 fully saturated rings. The lowest BCUT2D eigenvalue weighted by Gasteiger charge is -2.11. The Morgan fingerprint density at radius 3 is 2.62 bits per heavy atom. The number of amides is 1. The molecule has 1 amide bonds. The van der Waals surface area contributed by atoms with Gasteiger partial charge < -0.3 is 9.64 Å². The molecule has 0 bridgehead atoms. The Balaban J connectivity index is 2.74. The summed E-state index contributed by atoms with van der Waals surface area (Å²) in [5, 5.41) is 10.6. The number of hydrogen-bond acceptors (Lipinski definition) is 4. The number of nitrogens with zero attached hydrogens (tertiary/aromatic N) is 2. The van der Waals surface area contributed by atoms with Crippen LogP contribution in [0.1, 0.15) is 0 Å². The Hall–Kier alpha value is -2.11. The van der Waals surface area contributed by atoms with E-state index in [0.29, 0.717) is 0 Å². The molecule has 1 aromatic rings. The molecule has 6 nitrogen and oxygen atoms in total. The zero-order valence-electron chi connectivity index (χ0n) is 9.04. The minimum atomic E-state index is -0.546. The van der Waals surface area contributed by atoms with E-state index in [1.165, 1.54) is 17.0 Å². The molecule has 0 radical (unpaired) electrons. The van der Waals surface area contributed by atoms with E-state index < -0.39 is 4.92 Å². The number of hydrogen-bond donors (Lipinski definition) is 0. The van der Waals surface area contributed by atoms with Crippen molar-refractivity contribution in [3.8, 4) is 5.75 Å². The number of likely N-dealkylation sites (N-methyl/N-ethyl adjacent to an activating group) is 1. The molecule has 16 heavy (non-hydrogen) atoms. The second-order valence-corrected chi connectivity index (χ2v) is 3.30. The molecule has 0 heterocycles. The summed E-state index contributed by atoms with van der Waals surface area (Å²) >= 11 is 0. The van der Waals surface area contributed by atoms with Gasteiger partial charge >= 0.3 is 5.69 Å². The Morgan fingerprint density at radius 1 is 1.44 bits per heavy atom. The normalized spacial score (nSPS) is 9.62. The topological polar surface area (TPSA) is 72.7 Å². The first-order valence-electron chi connectivity index (χ1n) is 4.58. The van der Waals surface area contributed by atoms with E-state index in [1.54, 1.807) is 26.2 Å². The molecule has 0 saturated carbocycles. The van der Waals surface area contributed by atoms with E-state index in [-0.39, 0.29) is 24.0 Å². The van der Waals surface area contributed by atoms with Crippen molar-refractivity contribution in [2.45, 2.75) is 0 Å². The van der Waals surface area contributed by atoms with E-state index in [9.17, 15) is 14.9 Å². The van der Waals surface area contributed by atoms with Gasteiger partial charge in [0.2, 0.25) is 0 Å². The number of carbonyl (C=O) groups is 1. The summed E-state index contributed by atoms with van der Waals surface area (Å²) in [7, 11) is 3.18. The zero-order chi connectivity index (χ0) is 12.1. The summed E-state index contributed by atoms with van der Waals surface area (Å²) < 4.78 is 5.09. The monoisotopic (exact) mass is 224 g/mol. The van der Waals surface area contributed by atoms with Gasteiger partial charge in [-0.15, -0.1) is 0 Å². The van der Waals surface area contributed by atoms with Crippen LogP contribution in [0.15, 0.2) is 24.3 Å². The van der Waals surface area contributed by atoms with E-state index in [0.717, 1.165) is 0 Å². The smallest absolute Gasteiger partial charge is 0.310 e. The molecule has 6 heteroatoms. The molecule has 0 saturated heterocycles. The van der Waals surface area contributed by atoms with Crippen LogP contribution in [0, 0.1) is 10.1 Å². The number of benzene rings is 1. The molecule has 0 aliphatic carbocycles. The minimum absolute atomic E-state index is 0.0997. The van der Waals surface area contributed by atoms with Gasteiger partial charge in [0.1, 0.15) is 0 Å². The van der Waals surface area contributed by atoms with Gasteiger partial charge in [-0.3, -0.25) is 14.9 Å². The van der Waals surface area contributed by atoms with E-state index in [2.05, 4.69) is 0 Å². The highest BCUT2D eigenvalue weighted by atomic mass is 16.6. The molecule has 86 valence electrons. The number of para-hydroxylation sites is 2. The Labute approximate surface area is 92.6 Å². The highest BCUT2D eigenvalue weighted by molar-refractivity contribution is 5.77. The maximum Gasteiger partial charge on any atom is 0.310 e. The van der Waals surface area contributed by atoms with Crippen molar-refractivity contribution in [3.63, 3.8) is 0 Å². The van der Waals surface area contributed by atoms with Crippen LogP contribution < -0.4 is 4.74 Å². The van der Waals surface area contributed by atoms with Crippen molar-refractivity contribution in [3.05, 3.63) is 34.4 Å². The van der Waals surface area contributed by atoms with Crippen LogP contribution in [0.2, 0.25) is 0 Å². The number of nitro groups is 1. The van der Waals surface area contributed by atoms with E-state index in [1.807, 2.05) is 0 Å². The van der Waals surface area contributed by atoms with Gasteiger partial charge in [-0.25, -0.2) is 0 Å². The number of rotatable bonds is 4. The van der Waals surface area contributed by atoms with Crippen molar-refractivity contribution < 1.29 is 14.5 Å². The molecular weight excluding hydrogens is 212 g/mol. The van der Waals surface area contributed by atoms with E-state index in [4.69, 9.17) is 4.74 Å². The molecule has 0 N–H and O–H groups in total. The van der Waals surface area contributed by atoms with Crippen LogP contribution in [0.3, 0.4) is 0 Å². The van der Waals surface area contributed by atoms with Crippen molar-refractivity contribution in [2.75, 3.05) is 20.7 Å². The average Bonchev–Trinajstić information content (AvgIpc) is 2.25. The third-order valence-electron chi connectivity index (χ3n) is 1.91. The molecular formula is C10H12N2O4. The third kappa shape index (κ3) is 2.94. The highest BCUT2D eigenvalue weighted by Gasteiger charge is 2.15. The first kappa shape index (κ1) is 12.0. The number of carbonyl (C=O) groups excluding carboxylic acids is 1. The maximum absolute atomic E-state index is 11.2. The quantitative estimate of drug-likeness (QED) is 0.566. The summed E-state index contributed by atoms with van der Waals surface area (Å²) in [6.07, 6.45) is 0. The van der Waals surface area contributed by atoms with Gasteiger partial charge in [0, 0.05) is 20.2 Å². The predicted molar refractivity (Wildman–Crippen MR) is 57.3 cm³/mol. The lowest BCUT2D eigenvalue weighted by Crippen LogP contribution is -2.27. The van der Waals surface area contributed by atoms with Crippen molar-refractivity contribution in [1.82, 2.24) is 4.90 Å². The standard InChI is InChI=1S/C10H12N2O4/c1-11(2)10(13)7-16-9-6-4-3-5-8(9)12(14)15/h3-6H,7H2,1-2H3. The summed E-state index contributed by atoms with van der Waals surface area (Å²) in [6, 6.07) is 5.94. The lowest BCUT2D eigenvalue weighted by atomic mass is 10.3. The van der Waals surface area contributed by atoms with Gasteiger partial charge in [-0.2, -0.15) is 0 Å². The number of nitro benzene ring substituents is 1. The van der Waals surface area contributed by atoms with Crippen LogP contribution in [-0.4, -0.2) is 36.4 Å². The molecule has 0 atom stereocenters. The molecule has 1 aromatic carbocycles. The predicted octanol–water partition coefficient (Wildman–Crippen LogP) is 1.06. The lowest BCUT2D eigenvalue weighted by molar-refractivity contribution is -0.385. The average molecular weight is 224 g/mol. The van der Waals surface area contributed by atoms with E-state index >= 15 is 0 Å². The van der Waals surface area contributed by atoms with Crippen LogP contribution in [0.5, 0.6) is 5.75 Å². The second kappa shape index (κ2) is 5.11. The van der Waals surface area contributed by atoms with Gasteiger partial charge in [0.05, 0.1) is 4.92 Å². The minimum Gasteiger partial charge on any atom is -0.477 e. The van der Waals surface area contributed by atoms with Gasteiger partial charge in [-0.05, 0) is 6.07 Å². The molecule has 0 aromatic heterocycles. The van der Waals surface area contributed by atoms with Crippen LogP contribution in [0.25, 0.3) is 0 Å². The summed E-state index contributed by atoms with van der Waals surface area (Å²) in [5.41, 5.74) is -0.144. The largest absolute Gasteiger partial charge is 0.477 e. The van der Waals surface area contributed by atoms with Crippen LogP contribution >= 0.6 is 0 Å².